The predicted molar refractivity (Wildman–Crippen MR) is 66.7 cm³/mol. The van der Waals surface area contributed by atoms with Crippen LogP contribution < -0.4 is 5.32 Å². The van der Waals surface area contributed by atoms with E-state index in [1.807, 2.05) is 7.05 Å². The molecule has 1 saturated carbocycles. The third-order valence-electron chi connectivity index (χ3n) is 3.65. The fourth-order valence-corrected chi connectivity index (χ4v) is 2.62. The van der Waals surface area contributed by atoms with Crippen LogP contribution in [0.2, 0.25) is 0 Å². The normalized spacial score (nSPS) is 17.9. The maximum Gasteiger partial charge on any atom is 0.0658 e. The predicted octanol–water partition coefficient (Wildman–Crippen LogP) is 2.23. The topological polar surface area (TPSA) is 29.9 Å². The van der Waals surface area contributed by atoms with Crippen LogP contribution in [0, 0.1) is 0 Å². The summed E-state index contributed by atoms with van der Waals surface area (Å²) in [6.45, 7) is 1.03. The first-order valence-corrected chi connectivity index (χ1v) is 6.48. The van der Waals surface area contributed by atoms with Crippen LogP contribution in [-0.4, -0.2) is 23.4 Å². The maximum absolute atomic E-state index is 4.68. The number of aryl methyl sites for hydroxylation is 1. The molecule has 0 saturated heterocycles. The smallest absolute Gasteiger partial charge is 0.0658 e. The molecule has 16 heavy (non-hydrogen) atoms. The molecule has 0 unspecified atom stereocenters. The van der Waals surface area contributed by atoms with Gasteiger partial charge in [-0.2, -0.15) is 5.10 Å². The molecule has 1 N–H and O–H groups in total. The van der Waals surface area contributed by atoms with Crippen LogP contribution in [0.3, 0.4) is 0 Å². The van der Waals surface area contributed by atoms with Crippen molar-refractivity contribution in [3.05, 3.63) is 17.5 Å². The Bertz CT molecular complexity index is 324. The second kappa shape index (κ2) is 5.48. The van der Waals surface area contributed by atoms with Crippen LogP contribution in [0.4, 0.5) is 0 Å². The van der Waals surface area contributed by atoms with Crippen molar-refractivity contribution < 1.29 is 0 Å². The lowest BCUT2D eigenvalue weighted by Crippen LogP contribution is -2.12. The highest BCUT2D eigenvalue weighted by molar-refractivity contribution is 5.15. The molecule has 3 heteroatoms. The van der Waals surface area contributed by atoms with Gasteiger partial charge in [0.15, 0.2) is 0 Å². The van der Waals surface area contributed by atoms with Crippen molar-refractivity contribution in [1.29, 1.82) is 0 Å². The molecular formula is C13H23N3. The maximum atomic E-state index is 4.68. The largest absolute Gasteiger partial charge is 0.319 e. The summed E-state index contributed by atoms with van der Waals surface area (Å²) in [5.41, 5.74) is 2.68. The lowest BCUT2D eigenvalue weighted by atomic mass is 9.87. The summed E-state index contributed by atoms with van der Waals surface area (Å²) in [6, 6.07) is 2.31. The van der Waals surface area contributed by atoms with Gasteiger partial charge < -0.3 is 5.32 Å². The fraction of sp³-hybridized carbons (Fsp3) is 0.769. The molecule has 2 rings (SSSR count). The zero-order valence-electron chi connectivity index (χ0n) is 10.5. The molecular weight excluding hydrogens is 198 g/mol. The van der Waals surface area contributed by atoms with E-state index in [0.29, 0.717) is 0 Å². The summed E-state index contributed by atoms with van der Waals surface area (Å²) in [4.78, 5) is 0. The van der Waals surface area contributed by atoms with Crippen molar-refractivity contribution in [1.82, 2.24) is 15.1 Å². The third kappa shape index (κ3) is 2.64. The zero-order chi connectivity index (χ0) is 11.4. The van der Waals surface area contributed by atoms with Crippen LogP contribution in [0.1, 0.15) is 49.4 Å². The SMILES string of the molecule is CNCCc1cc(C2CCCCC2)nn1C. The molecule has 0 aromatic carbocycles. The molecule has 0 bridgehead atoms. The van der Waals surface area contributed by atoms with Crippen molar-refractivity contribution in [2.24, 2.45) is 7.05 Å². The Morgan fingerprint density at radius 3 is 2.81 bits per heavy atom. The number of hydrogen-bond donors (Lipinski definition) is 1. The highest BCUT2D eigenvalue weighted by Gasteiger charge is 2.18. The Balaban J connectivity index is 2.03. The first-order valence-electron chi connectivity index (χ1n) is 6.48. The average molecular weight is 221 g/mol. The Morgan fingerprint density at radius 2 is 2.12 bits per heavy atom. The van der Waals surface area contributed by atoms with Gasteiger partial charge in [-0.1, -0.05) is 19.3 Å². The van der Waals surface area contributed by atoms with Gasteiger partial charge in [-0.15, -0.1) is 0 Å². The lowest BCUT2D eigenvalue weighted by Gasteiger charge is -2.19. The highest BCUT2D eigenvalue weighted by Crippen LogP contribution is 2.31. The standard InChI is InChI=1S/C13H23N3/c1-14-9-8-12-10-13(15-16(12)2)11-6-4-3-5-7-11/h10-11,14H,3-9H2,1-2H3. The Morgan fingerprint density at radius 1 is 1.38 bits per heavy atom. The fourth-order valence-electron chi connectivity index (χ4n) is 2.62. The summed E-state index contributed by atoms with van der Waals surface area (Å²) < 4.78 is 2.06. The second-order valence-electron chi connectivity index (χ2n) is 4.87. The summed E-state index contributed by atoms with van der Waals surface area (Å²) >= 11 is 0. The van der Waals surface area contributed by atoms with Crippen LogP contribution in [0.5, 0.6) is 0 Å². The molecule has 0 atom stereocenters. The van der Waals surface area contributed by atoms with E-state index in [0.717, 1.165) is 18.9 Å². The molecule has 90 valence electrons. The van der Waals surface area contributed by atoms with E-state index in [1.54, 1.807) is 0 Å². The van der Waals surface area contributed by atoms with E-state index in [1.165, 1.54) is 43.5 Å². The lowest BCUT2D eigenvalue weighted by molar-refractivity contribution is 0.433. The molecule has 1 aliphatic rings. The molecule has 1 aliphatic carbocycles. The number of likely N-dealkylation sites (N-methyl/N-ethyl adjacent to an activating group) is 1. The number of aromatic nitrogens is 2. The molecule has 0 spiro atoms. The quantitative estimate of drug-likeness (QED) is 0.845. The van der Waals surface area contributed by atoms with E-state index in [9.17, 15) is 0 Å². The number of nitrogens with zero attached hydrogens (tertiary/aromatic N) is 2. The van der Waals surface area contributed by atoms with E-state index in [4.69, 9.17) is 0 Å². The average Bonchev–Trinajstić information content (AvgIpc) is 2.69. The summed E-state index contributed by atoms with van der Waals surface area (Å²) in [5.74, 6) is 0.725. The van der Waals surface area contributed by atoms with E-state index in [-0.39, 0.29) is 0 Å². The number of hydrogen-bond acceptors (Lipinski definition) is 2. The molecule has 3 nitrogen and oxygen atoms in total. The Kier molecular flexibility index (Phi) is 3.99. The van der Waals surface area contributed by atoms with E-state index >= 15 is 0 Å². The first-order chi connectivity index (χ1) is 7.81. The number of nitrogens with one attached hydrogen (secondary N) is 1. The molecule has 1 aromatic rings. The van der Waals surface area contributed by atoms with Gasteiger partial charge in [0.1, 0.15) is 0 Å². The molecule has 1 fully saturated rings. The van der Waals surface area contributed by atoms with Crippen molar-refractivity contribution in [2.45, 2.75) is 44.4 Å². The summed E-state index contributed by atoms with van der Waals surface area (Å²) in [6.07, 6.45) is 7.92. The summed E-state index contributed by atoms with van der Waals surface area (Å²) in [5, 5.41) is 7.87. The van der Waals surface area contributed by atoms with Gasteiger partial charge in [0, 0.05) is 31.6 Å². The first kappa shape index (κ1) is 11.6. The second-order valence-corrected chi connectivity index (χ2v) is 4.87. The monoisotopic (exact) mass is 221 g/mol. The number of rotatable bonds is 4. The van der Waals surface area contributed by atoms with Gasteiger partial charge in [0.2, 0.25) is 0 Å². The molecule has 0 radical (unpaired) electrons. The Labute approximate surface area is 98.2 Å². The minimum absolute atomic E-state index is 0.725. The molecule has 0 aliphatic heterocycles. The van der Waals surface area contributed by atoms with Crippen molar-refractivity contribution in [2.75, 3.05) is 13.6 Å². The minimum Gasteiger partial charge on any atom is -0.319 e. The van der Waals surface area contributed by atoms with Crippen LogP contribution in [0.15, 0.2) is 6.07 Å². The van der Waals surface area contributed by atoms with Crippen molar-refractivity contribution in [3.8, 4) is 0 Å². The van der Waals surface area contributed by atoms with Gasteiger partial charge in [0.25, 0.3) is 0 Å². The summed E-state index contributed by atoms with van der Waals surface area (Å²) in [7, 11) is 4.07. The van der Waals surface area contributed by atoms with Crippen molar-refractivity contribution in [3.63, 3.8) is 0 Å². The highest BCUT2D eigenvalue weighted by atomic mass is 15.3. The van der Waals surface area contributed by atoms with Gasteiger partial charge >= 0.3 is 0 Å². The van der Waals surface area contributed by atoms with Gasteiger partial charge in [-0.05, 0) is 26.0 Å². The zero-order valence-corrected chi connectivity index (χ0v) is 10.5. The van der Waals surface area contributed by atoms with Crippen LogP contribution in [-0.2, 0) is 13.5 Å². The van der Waals surface area contributed by atoms with Crippen LogP contribution in [0.25, 0.3) is 0 Å². The Hall–Kier alpha value is -0.830. The molecule has 1 heterocycles. The van der Waals surface area contributed by atoms with E-state index < -0.39 is 0 Å². The molecule has 1 aromatic heterocycles. The van der Waals surface area contributed by atoms with E-state index in [2.05, 4.69) is 28.2 Å². The van der Waals surface area contributed by atoms with Gasteiger partial charge in [-0.3, -0.25) is 4.68 Å². The molecule has 0 amide bonds. The van der Waals surface area contributed by atoms with Crippen LogP contribution >= 0.6 is 0 Å². The van der Waals surface area contributed by atoms with Crippen molar-refractivity contribution >= 4 is 0 Å². The van der Waals surface area contributed by atoms with Gasteiger partial charge in [-0.25, -0.2) is 0 Å². The third-order valence-corrected chi connectivity index (χ3v) is 3.65. The minimum atomic E-state index is 0.725. The van der Waals surface area contributed by atoms with Gasteiger partial charge in [0.05, 0.1) is 5.69 Å².